The van der Waals surface area contributed by atoms with Crippen molar-refractivity contribution in [3.8, 4) is 0 Å². The first-order chi connectivity index (χ1) is 1.73. The van der Waals surface area contributed by atoms with E-state index in [4.69, 9.17) is 12.3 Å². The van der Waals surface area contributed by atoms with Crippen LogP contribution in [0.5, 0.6) is 0 Å². The van der Waals surface area contributed by atoms with Gasteiger partial charge in [0, 0.05) is 27.3 Å². The predicted octanol–water partition coefficient (Wildman–Crippen LogP) is -4.33. The van der Waals surface area contributed by atoms with E-state index in [2.05, 4.69) is 0 Å². The Balaban J connectivity index is 0. The second-order valence-corrected chi connectivity index (χ2v) is 1.16. The Kier molecular flexibility index (Phi) is 10.3. The van der Waals surface area contributed by atoms with Gasteiger partial charge in [-0.15, -0.1) is 0 Å². The van der Waals surface area contributed by atoms with Crippen LogP contribution in [0.4, 0.5) is 0 Å². The first kappa shape index (κ1) is 9.61. The van der Waals surface area contributed by atoms with E-state index in [0.717, 1.165) is 0 Å². The minimum Gasteiger partial charge on any atom is 0 e. The molecule has 0 fully saturated rings. The molecule has 0 aromatic rings. The molecule has 0 atom stereocenters. The fraction of sp³-hybridized carbons (Fsp3) is 0. The average molecular weight is 330 g/mol. The summed E-state index contributed by atoms with van der Waals surface area (Å²) >= 11 is -3.94. The molecule has 0 spiro atoms. The summed E-state index contributed by atoms with van der Waals surface area (Å²) in [4.78, 5) is 0. The Morgan fingerprint density at radius 2 is 1.00 bits per heavy atom. The average Bonchev–Trinajstić information content (AvgIpc) is 0.811. The van der Waals surface area contributed by atoms with Gasteiger partial charge in [-0.3, -0.25) is 0 Å². The Hall–Kier alpha value is 1.36. The smallest absolute Gasteiger partial charge is 0 e. The molecule has 5 heteroatoms. The van der Waals surface area contributed by atoms with Crippen molar-refractivity contribution in [1.82, 2.24) is 0 Å². The van der Waals surface area contributed by atoms with Crippen LogP contribution in [-0.4, -0.2) is 43.0 Å². The molecule has 30 valence electrons. The fourth-order valence-corrected chi connectivity index (χ4v) is 0. The van der Waals surface area contributed by atoms with E-state index in [1.807, 2.05) is 0 Å². The molecule has 0 aliphatic heterocycles. The number of rotatable bonds is 0. The van der Waals surface area contributed by atoms with Crippen LogP contribution in [0.15, 0.2) is 0 Å². The van der Waals surface area contributed by atoms with Gasteiger partial charge in [0.1, 0.15) is 0 Å². The third-order valence-electron chi connectivity index (χ3n) is 0. The molecule has 0 N–H and O–H groups in total. The van der Waals surface area contributed by atoms with Crippen LogP contribution in [0.2, 0.25) is 0 Å². The molecule has 0 rings (SSSR count). The molecule has 0 saturated carbocycles. The van der Waals surface area contributed by atoms with Gasteiger partial charge in [0.15, 0.2) is 0 Å². The van der Waals surface area contributed by atoms with Crippen molar-refractivity contribution in [3.05, 3.63) is 0 Å². The molecule has 3 nitrogen and oxygen atoms in total. The van der Waals surface area contributed by atoms with Crippen molar-refractivity contribution in [2.24, 2.45) is 0 Å². The molecule has 0 heterocycles. The van der Waals surface area contributed by atoms with E-state index in [1.165, 1.54) is 0 Å². The molecule has 0 aromatic carbocycles. The van der Waals surface area contributed by atoms with Crippen molar-refractivity contribution in [3.63, 3.8) is 0 Å². The Morgan fingerprint density at radius 1 is 1.00 bits per heavy atom. The summed E-state index contributed by atoms with van der Waals surface area (Å²) in [7, 11) is 0. The zero-order valence-electron chi connectivity index (χ0n) is 2.17. The van der Waals surface area contributed by atoms with E-state index >= 15 is 0 Å². The van der Waals surface area contributed by atoms with Crippen molar-refractivity contribution < 1.29 is 12.3 Å². The Labute approximate surface area is 55.1 Å². The van der Waals surface area contributed by atoms with E-state index in [0.29, 0.717) is 0 Å². The zero-order chi connectivity index (χ0) is 3.58. The van der Waals surface area contributed by atoms with Crippen LogP contribution < -0.4 is 12.3 Å². The summed E-state index contributed by atoms with van der Waals surface area (Å²) in [6.07, 6.45) is 0. The molecule has 0 aromatic heterocycles. The van der Waals surface area contributed by atoms with Crippen LogP contribution in [0, 0.1) is 0 Å². The van der Waals surface area contributed by atoms with Crippen LogP contribution in [0.3, 0.4) is 0 Å². The Morgan fingerprint density at radius 3 is 1.00 bits per heavy atom. The molecule has 0 aliphatic rings. The summed E-state index contributed by atoms with van der Waals surface area (Å²) in [6.45, 7) is 0. The maximum Gasteiger partial charge on any atom is 0 e. The van der Waals surface area contributed by atoms with Crippen LogP contribution in [0.1, 0.15) is 0 Å². The normalized spacial score (nSPS) is 7.20. The van der Waals surface area contributed by atoms with Gasteiger partial charge >= 0.3 is 28.0 Å². The summed E-state index contributed by atoms with van der Waals surface area (Å²) < 4.78 is 25.7. The van der Waals surface area contributed by atoms with Gasteiger partial charge in [-0.1, -0.05) is 0 Å². The van der Waals surface area contributed by atoms with Crippen molar-refractivity contribution >= 4 is 43.0 Å². The monoisotopic (exact) mass is 331 g/mol. The first-order valence-corrected chi connectivity index (χ1v) is 2.85. The molecule has 0 saturated heterocycles. The maximum absolute atomic E-state index is 8.56. The van der Waals surface area contributed by atoms with E-state index < -0.39 is 15.7 Å². The quantitative estimate of drug-likeness (QED) is 0.422. The summed E-state index contributed by atoms with van der Waals surface area (Å²) in [5.41, 5.74) is 0. The van der Waals surface area contributed by atoms with Crippen molar-refractivity contribution in [2.45, 2.75) is 0 Å². The second kappa shape index (κ2) is 5.36. The molecule has 0 unspecified atom stereocenters. The topological polar surface area (TPSA) is 69.2 Å². The zero-order valence-corrected chi connectivity index (χ0v) is 7.94. The van der Waals surface area contributed by atoms with E-state index in [9.17, 15) is 0 Å². The van der Waals surface area contributed by atoms with Crippen LogP contribution >= 0.6 is 0 Å². The molecular weight excluding hydrogens is 330 g/mol. The van der Waals surface area contributed by atoms with Gasteiger partial charge in [0.05, 0.1) is 0 Å². The van der Waals surface area contributed by atoms with Gasteiger partial charge in [0.25, 0.3) is 0 Å². The van der Waals surface area contributed by atoms with Crippen LogP contribution in [-0.2, 0) is 0 Å². The predicted molar refractivity (Wildman–Crippen MR) is 11.5 cm³/mol. The van der Waals surface area contributed by atoms with Gasteiger partial charge in [-0.05, 0) is 0 Å². The van der Waals surface area contributed by atoms with Crippen molar-refractivity contribution in [1.29, 1.82) is 0 Å². The number of hydrogen-bond acceptors (Lipinski definition) is 3. The third kappa shape index (κ3) is 32.7. The summed E-state index contributed by atoms with van der Waals surface area (Å²) in [5.74, 6) is 0. The minimum atomic E-state index is -3.94. The molecule has 0 amide bonds. The minimum absolute atomic E-state index is 0. The fourth-order valence-electron chi connectivity index (χ4n) is 0. The van der Waals surface area contributed by atoms with Gasteiger partial charge in [-0.25, -0.2) is 0 Å². The SMILES string of the molecule is [O-][As]([O-])[O-].[Pb]. The molecular formula is AsO3Pb-3. The van der Waals surface area contributed by atoms with E-state index in [-0.39, 0.29) is 27.3 Å². The molecule has 0 aliphatic carbocycles. The maximum atomic E-state index is 8.56. The summed E-state index contributed by atoms with van der Waals surface area (Å²) in [6, 6.07) is 0. The van der Waals surface area contributed by atoms with Gasteiger partial charge in [-0.2, -0.15) is 0 Å². The molecule has 5 heavy (non-hydrogen) atoms. The van der Waals surface area contributed by atoms with Gasteiger partial charge < -0.3 is 0 Å². The largest absolute Gasteiger partial charge is 0 e. The first-order valence-electron chi connectivity index (χ1n) is 0.548. The van der Waals surface area contributed by atoms with Gasteiger partial charge in [0.2, 0.25) is 0 Å². The standard InChI is InChI=1S/AsO3.Pb/c2-1(3)4;/q-3;. The number of hydrogen-bond donors (Lipinski definition) is 0. The van der Waals surface area contributed by atoms with E-state index in [1.54, 1.807) is 0 Å². The molecule has 0 bridgehead atoms. The van der Waals surface area contributed by atoms with Crippen LogP contribution in [0.25, 0.3) is 0 Å². The van der Waals surface area contributed by atoms with Crippen molar-refractivity contribution in [2.75, 3.05) is 0 Å². The Bertz CT molecular complexity index is 11.6. The summed E-state index contributed by atoms with van der Waals surface area (Å²) in [5, 5.41) is 0. The third-order valence-corrected chi connectivity index (χ3v) is 0. The molecule has 4 radical (unpaired) electrons. The second-order valence-electron chi connectivity index (χ2n) is 0.224.